The Balaban J connectivity index is 2.22. The third-order valence-corrected chi connectivity index (χ3v) is 4.73. The van der Waals surface area contributed by atoms with Crippen LogP contribution in [0.2, 0.25) is 10.0 Å². The van der Waals surface area contributed by atoms with Gasteiger partial charge in [0.2, 0.25) is 5.91 Å². The first-order chi connectivity index (χ1) is 9.45. The van der Waals surface area contributed by atoms with Crippen LogP contribution in [0.3, 0.4) is 0 Å². The van der Waals surface area contributed by atoms with Crippen LogP contribution in [0.5, 0.6) is 0 Å². The van der Waals surface area contributed by atoms with Crippen LogP contribution < -0.4 is 11.1 Å². The Kier molecular flexibility index (Phi) is 4.89. The zero-order valence-electron chi connectivity index (χ0n) is 10.9. The van der Waals surface area contributed by atoms with Gasteiger partial charge in [-0.25, -0.2) is 0 Å². The molecule has 0 spiro atoms. The topological polar surface area (TPSA) is 55.1 Å². The van der Waals surface area contributed by atoms with Crippen molar-refractivity contribution >= 4 is 52.0 Å². The molecule has 3 N–H and O–H groups in total. The van der Waals surface area contributed by atoms with Crippen LogP contribution in [0.4, 0.5) is 5.69 Å². The molecular weight excluding hydrogens is 315 g/mol. The maximum absolute atomic E-state index is 12.6. The van der Waals surface area contributed by atoms with Gasteiger partial charge in [0.15, 0.2) is 0 Å². The fourth-order valence-corrected chi connectivity index (χ4v) is 3.33. The summed E-state index contributed by atoms with van der Waals surface area (Å²) in [4.78, 5) is 12.9. The van der Waals surface area contributed by atoms with Crippen LogP contribution in [-0.2, 0) is 4.79 Å². The molecule has 108 valence electrons. The normalized spacial score (nSPS) is 17.5. The maximum atomic E-state index is 12.6. The van der Waals surface area contributed by atoms with Gasteiger partial charge in [-0.15, -0.1) is 0 Å². The number of nitrogens with one attached hydrogen (secondary N) is 1. The molecule has 0 radical (unpaired) electrons. The van der Waals surface area contributed by atoms with Gasteiger partial charge in [0.05, 0.1) is 21.1 Å². The summed E-state index contributed by atoms with van der Waals surface area (Å²) >= 11 is 17.1. The largest absolute Gasteiger partial charge is 0.392 e. The van der Waals surface area contributed by atoms with Crippen molar-refractivity contribution in [3.8, 4) is 0 Å². The standard InChI is InChI=1S/C14H16Cl2N2OS/c15-9-4-5-11(10(16)8-9)18-13(19)14(12(17)20)6-2-1-3-7-14/h4-5,8H,1-3,6-7H2,(H2,17,20)(H,18,19). The number of halogens is 2. The van der Waals surface area contributed by atoms with E-state index in [0.29, 0.717) is 28.6 Å². The zero-order valence-corrected chi connectivity index (χ0v) is 13.2. The molecule has 0 aromatic heterocycles. The van der Waals surface area contributed by atoms with Gasteiger partial charge in [0.25, 0.3) is 0 Å². The lowest BCUT2D eigenvalue weighted by molar-refractivity contribution is -0.123. The summed E-state index contributed by atoms with van der Waals surface area (Å²) in [6.07, 6.45) is 4.41. The molecule has 0 saturated heterocycles. The molecule has 1 aliphatic rings. The van der Waals surface area contributed by atoms with E-state index in [-0.39, 0.29) is 10.9 Å². The smallest absolute Gasteiger partial charge is 0.237 e. The van der Waals surface area contributed by atoms with Crippen molar-refractivity contribution in [1.82, 2.24) is 0 Å². The molecule has 0 aliphatic heterocycles. The Morgan fingerprint density at radius 2 is 1.90 bits per heavy atom. The van der Waals surface area contributed by atoms with Gasteiger partial charge in [0.1, 0.15) is 0 Å². The van der Waals surface area contributed by atoms with Crippen molar-refractivity contribution in [2.24, 2.45) is 11.1 Å². The zero-order chi connectivity index (χ0) is 14.8. The highest BCUT2D eigenvalue weighted by molar-refractivity contribution is 7.80. The number of amides is 1. The van der Waals surface area contributed by atoms with E-state index < -0.39 is 5.41 Å². The van der Waals surface area contributed by atoms with Crippen molar-refractivity contribution in [2.75, 3.05) is 5.32 Å². The van der Waals surface area contributed by atoms with Gasteiger partial charge in [-0.3, -0.25) is 4.79 Å². The summed E-state index contributed by atoms with van der Waals surface area (Å²) in [5.41, 5.74) is 5.61. The van der Waals surface area contributed by atoms with Gasteiger partial charge in [0, 0.05) is 5.02 Å². The van der Waals surface area contributed by atoms with Crippen LogP contribution in [0.25, 0.3) is 0 Å². The minimum absolute atomic E-state index is 0.172. The fourth-order valence-electron chi connectivity index (χ4n) is 2.57. The third kappa shape index (κ3) is 3.08. The molecule has 0 unspecified atom stereocenters. The lowest BCUT2D eigenvalue weighted by Gasteiger charge is -2.34. The van der Waals surface area contributed by atoms with E-state index in [1.165, 1.54) is 0 Å². The molecule has 1 aliphatic carbocycles. The quantitative estimate of drug-likeness (QED) is 0.818. The number of carbonyl (C=O) groups excluding carboxylic acids is 1. The number of benzene rings is 1. The molecule has 1 saturated carbocycles. The van der Waals surface area contributed by atoms with Gasteiger partial charge in [-0.2, -0.15) is 0 Å². The predicted octanol–water partition coefficient (Wildman–Crippen LogP) is 4.17. The van der Waals surface area contributed by atoms with Crippen LogP contribution >= 0.6 is 35.4 Å². The Morgan fingerprint density at radius 1 is 1.25 bits per heavy atom. The summed E-state index contributed by atoms with van der Waals surface area (Å²) in [6.45, 7) is 0. The molecule has 0 atom stereocenters. The van der Waals surface area contributed by atoms with Crippen LogP contribution in [0.1, 0.15) is 32.1 Å². The number of nitrogens with two attached hydrogens (primary N) is 1. The molecular formula is C14H16Cl2N2OS. The lowest BCUT2D eigenvalue weighted by atomic mass is 9.73. The van der Waals surface area contributed by atoms with Crippen molar-refractivity contribution in [1.29, 1.82) is 0 Å². The number of hydrogen-bond donors (Lipinski definition) is 2. The van der Waals surface area contributed by atoms with Crippen molar-refractivity contribution < 1.29 is 4.79 Å². The number of anilines is 1. The predicted molar refractivity (Wildman–Crippen MR) is 87.4 cm³/mol. The highest BCUT2D eigenvalue weighted by atomic mass is 35.5. The van der Waals surface area contributed by atoms with E-state index in [2.05, 4.69) is 5.32 Å². The highest BCUT2D eigenvalue weighted by Crippen LogP contribution is 2.38. The van der Waals surface area contributed by atoms with E-state index in [9.17, 15) is 4.79 Å². The fraction of sp³-hybridized carbons (Fsp3) is 0.429. The summed E-state index contributed by atoms with van der Waals surface area (Å²) < 4.78 is 0. The summed E-state index contributed by atoms with van der Waals surface area (Å²) in [7, 11) is 0. The second-order valence-corrected chi connectivity index (χ2v) is 6.37. The van der Waals surface area contributed by atoms with E-state index in [4.69, 9.17) is 41.2 Å². The molecule has 0 heterocycles. The number of thiocarbonyl (C=S) groups is 1. The first kappa shape index (κ1) is 15.5. The van der Waals surface area contributed by atoms with Gasteiger partial charge >= 0.3 is 0 Å². The average Bonchev–Trinajstić information content (AvgIpc) is 2.42. The Labute approximate surface area is 133 Å². The van der Waals surface area contributed by atoms with Crippen molar-refractivity contribution in [2.45, 2.75) is 32.1 Å². The minimum atomic E-state index is -0.753. The Morgan fingerprint density at radius 3 is 2.45 bits per heavy atom. The number of carbonyl (C=O) groups is 1. The second-order valence-electron chi connectivity index (χ2n) is 5.09. The molecule has 2 rings (SSSR count). The first-order valence-corrected chi connectivity index (χ1v) is 7.68. The maximum Gasteiger partial charge on any atom is 0.237 e. The Bertz CT molecular complexity index is 542. The molecule has 1 fully saturated rings. The Hall–Kier alpha value is -0.840. The SMILES string of the molecule is NC(=S)C1(C(=O)Nc2ccc(Cl)cc2Cl)CCCCC1. The summed E-state index contributed by atoms with van der Waals surface area (Å²) in [6, 6.07) is 4.95. The number of hydrogen-bond acceptors (Lipinski definition) is 2. The van der Waals surface area contributed by atoms with Crippen molar-refractivity contribution in [3.05, 3.63) is 28.2 Å². The van der Waals surface area contributed by atoms with Crippen molar-refractivity contribution in [3.63, 3.8) is 0 Å². The molecule has 1 aromatic carbocycles. The molecule has 0 bridgehead atoms. The molecule has 1 amide bonds. The molecule has 6 heteroatoms. The van der Waals surface area contributed by atoms with E-state index in [0.717, 1.165) is 19.3 Å². The third-order valence-electron chi connectivity index (χ3n) is 3.79. The molecule has 3 nitrogen and oxygen atoms in total. The minimum Gasteiger partial charge on any atom is -0.392 e. The highest BCUT2D eigenvalue weighted by Gasteiger charge is 2.42. The molecule has 20 heavy (non-hydrogen) atoms. The first-order valence-electron chi connectivity index (χ1n) is 6.52. The average molecular weight is 331 g/mol. The lowest BCUT2D eigenvalue weighted by Crippen LogP contribution is -2.47. The number of rotatable bonds is 3. The van der Waals surface area contributed by atoms with E-state index in [1.54, 1.807) is 18.2 Å². The van der Waals surface area contributed by atoms with Crippen LogP contribution in [-0.4, -0.2) is 10.9 Å². The second kappa shape index (κ2) is 6.29. The summed E-state index contributed by atoms with van der Waals surface area (Å²) in [5.74, 6) is -0.172. The van der Waals surface area contributed by atoms with Gasteiger partial charge in [-0.1, -0.05) is 54.7 Å². The summed E-state index contributed by atoms with van der Waals surface area (Å²) in [5, 5.41) is 3.76. The molecule has 1 aromatic rings. The van der Waals surface area contributed by atoms with Crippen LogP contribution in [0.15, 0.2) is 18.2 Å². The van der Waals surface area contributed by atoms with Gasteiger partial charge in [-0.05, 0) is 31.0 Å². The van der Waals surface area contributed by atoms with Gasteiger partial charge < -0.3 is 11.1 Å². The van der Waals surface area contributed by atoms with E-state index >= 15 is 0 Å². The monoisotopic (exact) mass is 330 g/mol. The van der Waals surface area contributed by atoms with E-state index in [1.807, 2.05) is 0 Å². The van der Waals surface area contributed by atoms with Crippen LogP contribution in [0, 0.1) is 5.41 Å².